The van der Waals surface area contributed by atoms with Crippen molar-refractivity contribution in [2.24, 2.45) is 0 Å². The number of piperidine rings is 1. The molecule has 2 aromatic rings. The number of amides is 1. The van der Waals surface area contributed by atoms with E-state index < -0.39 is 0 Å². The Morgan fingerprint density at radius 2 is 2.00 bits per heavy atom. The summed E-state index contributed by atoms with van der Waals surface area (Å²) in [5, 5.41) is 13.1. The smallest absolute Gasteiger partial charge is 0.265 e. The van der Waals surface area contributed by atoms with Crippen molar-refractivity contribution in [2.45, 2.75) is 58.0 Å². The highest BCUT2D eigenvalue weighted by Gasteiger charge is 2.30. The van der Waals surface area contributed by atoms with E-state index in [2.05, 4.69) is 45.8 Å². The molecule has 7 nitrogen and oxygen atoms in total. The summed E-state index contributed by atoms with van der Waals surface area (Å²) in [5.41, 5.74) is -0.0161. The first kappa shape index (κ1) is 17.6. The zero-order chi connectivity index (χ0) is 18.3. The Balaban J connectivity index is 1.41. The second-order valence-electron chi connectivity index (χ2n) is 8.15. The number of fused-ring (bicyclic) bond motifs is 1. The van der Waals surface area contributed by atoms with E-state index in [0.29, 0.717) is 5.92 Å². The number of hydrogen-bond acceptors (Lipinski definition) is 6. The highest BCUT2D eigenvalue weighted by Crippen LogP contribution is 2.31. The molecule has 2 aliphatic rings. The first-order chi connectivity index (χ1) is 12.4. The molecule has 0 saturated carbocycles. The van der Waals surface area contributed by atoms with E-state index in [1.807, 2.05) is 4.90 Å². The third kappa shape index (κ3) is 3.27. The maximum Gasteiger partial charge on any atom is 0.265 e. The van der Waals surface area contributed by atoms with Gasteiger partial charge in [0, 0.05) is 37.5 Å². The standard InChI is InChI=1S/C18H26N6OS/c1-18(2,3)17-20-10-13(26-17)16(25)23-7-4-12(5-8-23)15-22-21-14-11-19-6-9-24(14)15/h10,12,19H,4-9,11H2,1-3H3. The fourth-order valence-electron chi connectivity index (χ4n) is 3.63. The Bertz CT molecular complexity index is 797. The second kappa shape index (κ2) is 6.74. The van der Waals surface area contributed by atoms with Gasteiger partial charge < -0.3 is 14.8 Å². The van der Waals surface area contributed by atoms with Gasteiger partial charge >= 0.3 is 0 Å². The minimum absolute atomic E-state index is 0.0161. The maximum absolute atomic E-state index is 12.8. The lowest BCUT2D eigenvalue weighted by molar-refractivity contribution is 0.0714. The summed E-state index contributed by atoms with van der Waals surface area (Å²) in [4.78, 5) is 20.0. The van der Waals surface area contributed by atoms with Crippen LogP contribution in [-0.4, -0.2) is 50.2 Å². The second-order valence-corrected chi connectivity index (χ2v) is 9.18. The highest BCUT2D eigenvalue weighted by molar-refractivity contribution is 7.13. The van der Waals surface area contributed by atoms with Crippen LogP contribution in [-0.2, 0) is 18.5 Å². The molecule has 1 saturated heterocycles. The van der Waals surface area contributed by atoms with Crippen LogP contribution in [0.2, 0.25) is 0 Å². The Hall–Kier alpha value is -1.80. The normalized spacial score (nSPS) is 18.8. The lowest BCUT2D eigenvalue weighted by atomic mass is 9.95. The minimum atomic E-state index is -0.0161. The minimum Gasteiger partial charge on any atom is -0.338 e. The summed E-state index contributed by atoms with van der Waals surface area (Å²) in [6.45, 7) is 10.6. The summed E-state index contributed by atoms with van der Waals surface area (Å²) in [7, 11) is 0. The number of aromatic nitrogens is 4. The highest BCUT2D eigenvalue weighted by atomic mass is 32.1. The number of hydrogen-bond donors (Lipinski definition) is 1. The predicted octanol–water partition coefficient (Wildman–Crippen LogP) is 2.16. The van der Waals surface area contributed by atoms with Gasteiger partial charge in [-0.05, 0) is 12.8 Å². The third-order valence-electron chi connectivity index (χ3n) is 5.16. The number of nitrogens with zero attached hydrogens (tertiary/aromatic N) is 5. The van der Waals surface area contributed by atoms with Crippen molar-refractivity contribution < 1.29 is 4.79 Å². The molecule has 0 bridgehead atoms. The largest absolute Gasteiger partial charge is 0.338 e. The van der Waals surface area contributed by atoms with Crippen LogP contribution in [0.5, 0.6) is 0 Å². The molecule has 8 heteroatoms. The molecule has 0 spiro atoms. The van der Waals surface area contributed by atoms with Gasteiger partial charge in [-0.25, -0.2) is 4.98 Å². The van der Waals surface area contributed by atoms with Gasteiger partial charge in [0.05, 0.1) is 17.7 Å². The number of carbonyl (C=O) groups is 1. The third-order valence-corrected chi connectivity index (χ3v) is 6.57. The predicted molar refractivity (Wildman–Crippen MR) is 100 cm³/mol. The molecule has 140 valence electrons. The van der Waals surface area contributed by atoms with Crippen molar-refractivity contribution in [3.8, 4) is 0 Å². The SMILES string of the molecule is CC(C)(C)c1ncc(C(=O)N2CCC(c3nnc4n3CCNC4)CC2)s1. The molecular formula is C18H26N6OS. The van der Waals surface area contributed by atoms with Crippen LogP contribution in [0, 0.1) is 0 Å². The number of carbonyl (C=O) groups excluding carboxylic acids is 1. The van der Waals surface area contributed by atoms with Gasteiger partial charge in [-0.2, -0.15) is 0 Å². The average Bonchev–Trinajstić information content (AvgIpc) is 3.28. The lowest BCUT2D eigenvalue weighted by Gasteiger charge is -2.31. The van der Waals surface area contributed by atoms with Gasteiger partial charge in [-0.3, -0.25) is 4.79 Å². The first-order valence-corrected chi connectivity index (χ1v) is 10.1. The fourth-order valence-corrected chi connectivity index (χ4v) is 4.57. The van der Waals surface area contributed by atoms with Gasteiger partial charge in [0.2, 0.25) is 0 Å². The van der Waals surface area contributed by atoms with Crippen molar-refractivity contribution >= 4 is 17.2 Å². The zero-order valence-electron chi connectivity index (χ0n) is 15.7. The van der Waals surface area contributed by atoms with Gasteiger partial charge in [-0.1, -0.05) is 20.8 Å². The lowest BCUT2D eigenvalue weighted by Crippen LogP contribution is -2.38. The Morgan fingerprint density at radius 3 is 2.69 bits per heavy atom. The molecule has 4 rings (SSSR count). The molecule has 2 aromatic heterocycles. The first-order valence-electron chi connectivity index (χ1n) is 9.32. The zero-order valence-corrected chi connectivity index (χ0v) is 16.5. The number of nitrogens with one attached hydrogen (secondary N) is 1. The quantitative estimate of drug-likeness (QED) is 0.872. The molecule has 0 unspecified atom stereocenters. The molecule has 1 fully saturated rings. The Morgan fingerprint density at radius 1 is 1.23 bits per heavy atom. The molecule has 0 atom stereocenters. The van der Waals surface area contributed by atoms with Crippen LogP contribution < -0.4 is 5.32 Å². The Labute approximate surface area is 157 Å². The van der Waals surface area contributed by atoms with E-state index in [9.17, 15) is 4.79 Å². The van der Waals surface area contributed by atoms with E-state index in [0.717, 1.165) is 67.1 Å². The van der Waals surface area contributed by atoms with Crippen molar-refractivity contribution in [2.75, 3.05) is 19.6 Å². The molecule has 26 heavy (non-hydrogen) atoms. The summed E-state index contributed by atoms with van der Waals surface area (Å²) >= 11 is 1.52. The van der Waals surface area contributed by atoms with Crippen LogP contribution in [0.3, 0.4) is 0 Å². The van der Waals surface area contributed by atoms with E-state index in [1.54, 1.807) is 6.20 Å². The summed E-state index contributed by atoms with van der Waals surface area (Å²) < 4.78 is 2.26. The van der Waals surface area contributed by atoms with Crippen molar-refractivity contribution in [3.63, 3.8) is 0 Å². The van der Waals surface area contributed by atoms with Gasteiger partial charge in [0.1, 0.15) is 16.5 Å². The van der Waals surface area contributed by atoms with Crippen molar-refractivity contribution in [1.29, 1.82) is 0 Å². The summed E-state index contributed by atoms with van der Waals surface area (Å²) in [5.74, 6) is 2.64. The van der Waals surface area contributed by atoms with Crippen LogP contribution in [0.15, 0.2) is 6.20 Å². The van der Waals surface area contributed by atoms with Gasteiger partial charge in [-0.15, -0.1) is 21.5 Å². The summed E-state index contributed by atoms with van der Waals surface area (Å²) in [6.07, 6.45) is 3.63. The molecule has 1 amide bonds. The molecular weight excluding hydrogens is 348 g/mol. The molecule has 2 aliphatic heterocycles. The Kier molecular flexibility index (Phi) is 4.56. The summed E-state index contributed by atoms with van der Waals surface area (Å²) in [6, 6.07) is 0. The van der Waals surface area contributed by atoms with Crippen LogP contribution >= 0.6 is 11.3 Å². The van der Waals surface area contributed by atoms with Crippen LogP contribution in [0.1, 0.15) is 65.9 Å². The number of rotatable bonds is 2. The average molecular weight is 375 g/mol. The molecule has 1 N–H and O–H groups in total. The monoisotopic (exact) mass is 374 g/mol. The van der Waals surface area contributed by atoms with E-state index >= 15 is 0 Å². The van der Waals surface area contributed by atoms with E-state index in [-0.39, 0.29) is 11.3 Å². The topological polar surface area (TPSA) is 75.9 Å². The molecule has 4 heterocycles. The van der Waals surface area contributed by atoms with Crippen LogP contribution in [0.25, 0.3) is 0 Å². The fraction of sp³-hybridized carbons (Fsp3) is 0.667. The molecule has 0 aromatic carbocycles. The van der Waals surface area contributed by atoms with Crippen molar-refractivity contribution in [3.05, 3.63) is 27.7 Å². The number of likely N-dealkylation sites (tertiary alicyclic amines) is 1. The number of thiazole rings is 1. The van der Waals surface area contributed by atoms with Crippen molar-refractivity contribution in [1.82, 2.24) is 30.0 Å². The van der Waals surface area contributed by atoms with E-state index in [4.69, 9.17) is 0 Å². The van der Waals surface area contributed by atoms with Crippen LogP contribution in [0.4, 0.5) is 0 Å². The maximum atomic E-state index is 12.8. The van der Waals surface area contributed by atoms with Gasteiger partial charge in [0.25, 0.3) is 5.91 Å². The molecule has 0 aliphatic carbocycles. The van der Waals surface area contributed by atoms with Gasteiger partial charge in [0.15, 0.2) is 0 Å². The molecule has 0 radical (unpaired) electrons. The van der Waals surface area contributed by atoms with E-state index in [1.165, 1.54) is 11.3 Å².